The number of nitrogens with one attached hydrogen (secondary N) is 1. The van der Waals surface area contributed by atoms with Gasteiger partial charge in [0.1, 0.15) is 6.04 Å². The van der Waals surface area contributed by atoms with E-state index in [-0.39, 0.29) is 11.3 Å². The summed E-state index contributed by atoms with van der Waals surface area (Å²) < 4.78 is 0. The Morgan fingerprint density at radius 2 is 1.79 bits per heavy atom. The molecule has 2 N–H and O–H groups in total. The van der Waals surface area contributed by atoms with Crippen molar-refractivity contribution < 1.29 is 14.7 Å². The molecule has 2 aromatic carbocycles. The zero-order valence-electron chi connectivity index (χ0n) is 16.5. The number of pyridine rings is 1. The molecule has 1 atom stereocenters. The summed E-state index contributed by atoms with van der Waals surface area (Å²) in [5.74, 6) is -1.56. The number of hydrogen-bond donors (Lipinski definition) is 3. The zero-order chi connectivity index (χ0) is 21.2. The average Bonchev–Trinajstić information content (AvgIpc) is 2.67. The van der Waals surface area contributed by atoms with Crippen LogP contribution in [0, 0.1) is 0 Å². The number of rotatable bonds is 5. The number of thiol groups is 1. The molecule has 0 bridgehead atoms. The van der Waals surface area contributed by atoms with Gasteiger partial charge in [0, 0.05) is 28.3 Å². The first kappa shape index (κ1) is 20.8. The Labute approximate surface area is 174 Å². The largest absolute Gasteiger partial charge is 0.480 e. The summed E-state index contributed by atoms with van der Waals surface area (Å²) in [7, 11) is 0. The maximum absolute atomic E-state index is 12.4. The number of hydrogen-bond acceptors (Lipinski definition) is 5. The van der Waals surface area contributed by atoms with E-state index in [9.17, 15) is 9.59 Å². The molecule has 1 aromatic heterocycles. The van der Waals surface area contributed by atoms with Gasteiger partial charge in [-0.1, -0.05) is 6.07 Å². The molecule has 0 spiro atoms. The standard InChI is InChI=1S/C22H23N3O3S/c1-22(2,3)23-11-13-4-6-17-15(8-13)10-16-9-14(5-7-18(16)24-17)20(26)25-19(12-29)21(27)28/h4-11,19,29H,12H2,1-3H3,(H,25,26)(H,27,28)/b23-11-. The number of carbonyl (C=O) groups excluding carboxylic acids is 1. The van der Waals surface area contributed by atoms with E-state index in [1.807, 2.05) is 51.3 Å². The lowest BCUT2D eigenvalue weighted by molar-refractivity contribution is -0.138. The second-order valence-electron chi connectivity index (χ2n) is 7.82. The van der Waals surface area contributed by atoms with Crippen LogP contribution >= 0.6 is 12.6 Å². The number of aliphatic imine (C=N–C) groups is 1. The summed E-state index contributed by atoms with van der Waals surface area (Å²) in [6, 6.07) is 12.0. The minimum atomic E-state index is -1.12. The van der Waals surface area contributed by atoms with Crippen molar-refractivity contribution in [2.75, 3.05) is 5.75 Å². The van der Waals surface area contributed by atoms with Crippen molar-refractivity contribution in [2.45, 2.75) is 32.4 Å². The van der Waals surface area contributed by atoms with Crippen molar-refractivity contribution in [2.24, 2.45) is 4.99 Å². The molecule has 1 unspecified atom stereocenters. The first-order valence-corrected chi connectivity index (χ1v) is 9.84. The van der Waals surface area contributed by atoms with Gasteiger partial charge in [-0.05, 0) is 62.7 Å². The third-order valence-electron chi connectivity index (χ3n) is 4.28. The summed E-state index contributed by atoms with van der Waals surface area (Å²) in [6.45, 7) is 6.11. The lowest BCUT2D eigenvalue weighted by Gasteiger charge is -2.12. The molecule has 3 rings (SSSR count). The van der Waals surface area contributed by atoms with Crippen LogP contribution in [0.4, 0.5) is 0 Å². The Kier molecular flexibility index (Phi) is 5.88. The number of fused-ring (bicyclic) bond motifs is 2. The van der Waals surface area contributed by atoms with Gasteiger partial charge in [0.2, 0.25) is 0 Å². The van der Waals surface area contributed by atoms with Gasteiger partial charge in [-0.15, -0.1) is 0 Å². The van der Waals surface area contributed by atoms with Crippen molar-refractivity contribution in [3.05, 3.63) is 53.6 Å². The van der Waals surface area contributed by atoms with Gasteiger partial charge >= 0.3 is 5.97 Å². The van der Waals surface area contributed by atoms with E-state index in [4.69, 9.17) is 5.11 Å². The second kappa shape index (κ2) is 8.21. The summed E-state index contributed by atoms with van der Waals surface area (Å²) in [5, 5.41) is 13.3. The predicted molar refractivity (Wildman–Crippen MR) is 119 cm³/mol. The Morgan fingerprint density at radius 3 is 2.41 bits per heavy atom. The number of nitrogens with zero attached hydrogens (tertiary/aromatic N) is 2. The third-order valence-corrected chi connectivity index (χ3v) is 4.65. The minimum Gasteiger partial charge on any atom is -0.480 e. The first-order chi connectivity index (χ1) is 13.7. The molecule has 0 saturated carbocycles. The van der Waals surface area contributed by atoms with Crippen LogP contribution in [-0.2, 0) is 4.79 Å². The highest BCUT2D eigenvalue weighted by Gasteiger charge is 2.19. The van der Waals surface area contributed by atoms with Crippen LogP contribution in [-0.4, -0.2) is 45.5 Å². The molecule has 0 aliphatic heterocycles. The zero-order valence-corrected chi connectivity index (χ0v) is 17.4. The molecule has 0 fully saturated rings. The fraction of sp³-hybridized carbons (Fsp3) is 0.273. The number of carboxylic acids is 1. The van der Waals surface area contributed by atoms with E-state index >= 15 is 0 Å². The molecular weight excluding hydrogens is 386 g/mol. The van der Waals surface area contributed by atoms with Crippen molar-refractivity contribution in [3.63, 3.8) is 0 Å². The molecule has 1 amide bonds. The summed E-state index contributed by atoms with van der Waals surface area (Å²) >= 11 is 3.97. The summed E-state index contributed by atoms with van der Waals surface area (Å²) in [4.78, 5) is 32.7. The smallest absolute Gasteiger partial charge is 0.327 e. The van der Waals surface area contributed by atoms with Crippen molar-refractivity contribution >= 4 is 52.5 Å². The van der Waals surface area contributed by atoms with E-state index < -0.39 is 17.9 Å². The van der Waals surface area contributed by atoms with E-state index in [1.54, 1.807) is 18.2 Å². The molecule has 0 radical (unpaired) electrons. The molecule has 0 aliphatic rings. The Bertz CT molecular complexity index is 1120. The van der Waals surface area contributed by atoms with Gasteiger partial charge in [-0.2, -0.15) is 12.6 Å². The maximum Gasteiger partial charge on any atom is 0.327 e. The van der Waals surface area contributed by atoms with Gasteiger partial charge in [0.05, 0.1) is 16.6 Å². The van der Waals surface area contributed by atoms with Crippen LogP contribution in [0.3, 0.4) is 0 Å². The number of carbonyl (C=O) groups is 2. The molecule has 3 aromatic rings. The van der Waals surface area contributed by atoms with Crippen LogP contribution in [0.1, 0.15) is 36.7 Å². The number of aliphatic carboxylic acids is 1. The third kappa shape index (κ3) is 5.12. The quantitative estimate of drug-likeness (QED) is 0.340. The number of aromatic nitrogens is 1. The van der Waals surface area contributed by atoms with E-state index in [0.717, 1.165) is 27.4 Å². The van der Waals surface area contributed by atoms with Crippen molar-refractivity contribution in [1.82, 2.24) is 10.3 Å². The van der Waals surface area contributed by atoms with E-state index in [0.29, 0.717) is 5.56 Å². The lowest BCUT2D eigenvalue weighted by Crippen LogP contribution is -2.42. The fourth-order valence-electron chi connectivity index (χ4n) is 2.78. The highest BCUT2D eigenvalue weighted by atomic mass is 32.1. The molecule has 6 nitrogen and oxygen atoms in total. The molecule has 7 heteroatoms. The lowest BCUT2D eigenvalue weighted by atomic mass is 10.1. The van der Waals surface area contributed by atoms with Crippen LogP contribution in [0.5, 0.6) is 0 Å². The van der Waals surface area contributed by atoms with Gasteiger partial charge in [0.15, 0.2) is 0 Å². The maximum atomic E-state index is 12.4. The van der Waals surface area contributed by atoms with Crippen LogP contribution in [0.25, 0.3) is 21.8 Å². The number of benzene rings is 2. The molecule has 0 aliphatic carbocycles. The first-order valence-electron chi connectivity index (χ1n) is 9.20. The minimum absolute atomic E-state index is 0.0136. The van der Waals surface area contributed by atoms with E-state index in [1.165, 1.54) is 0 Å². The van der Waals surface area contributed by atoms with Gasteiger partial charge in [-0.3, -0.25) is 9.79 Å². The van der Waals surface area contributed by atoms with Crippen LogP contribution in [0.2, 0.25) is 0 Å². The molecule has 0 saturated heterocycles. The van der Waals surface area contributed by atoms with Gasteiger partial charge in [0.25, 0.3) is 5.91 Å². The SMILES string of the molecule is CC(C)(C)/N=C\c1ccc2nc3ccc(C(=O)NC(CS)C(=O)O)cc3cc2c1. The normalized spacial score (nSPS) is 13.1. The topological polar surface area (TPSA) is 91.7 Å². The van der Waals surface area contributed by atoms with Crippen molar-refractivity contribution in [1.29, 1.82) is 0 Å². The molecular formula is C22H23N3O3S. The molecule has 150 valence electrons. The average molecular weight is 410 g/mol. The second-order valence-corrected chi connectivity index (χ2v) is 8.19. The van der Waals surface area contributed by atoms with Crippen molar-refractivity contribution in [3.8, 4) is 0 Å². The predicted octanol–water partition coefficient (Wildman–Crippen LogP) is 3.72. The van der Waals surface area contributed by atoms with Gasteiger partial charge in [-0.25, -0.2) is 9.78 Å². The van der Waals surface area contributed by atoms with E-state index in [2.05, 4.69) is 27.9 Å². The fourth-order valence-corrected chi connectivity index (χ4v) is 3.02. The van der Waals surface area contributed by atoms with Gasteiger partial charge < -0.3 is 10.4 Å². The van der Waals surface area contributed by atoms with Crippen LogP contribution < -0.4 is 5.32 Å². The Morgan fingerprint density at radius 1 is 1.14 bits per heavy atom. The molecule has 1 heterocycles. The number of carboxylic acid groups (broad SMARTS) is 1. The Balaban J connectivity index is 1.96. The molecule has 29 heavy (non-hydrogen) atoms. The highest BCUT2D eigenvalue weighted by molar-refractivity contribution is 7.80. The summed E-state index contributed by atoms with van der Waals surface area (Å²) in [6.07, 6.45) is 1.84. The highest BCUT2D eigenvalue weighted by Crippen LogP contribution is 2.22. The monoisotopic (exact) mass is 409 g/mol. The number of amides is 1. The van der Waals surface area contributed by atoms with Crippen LogP contribution in [0.15, 0.2) is 47.5 Å². The Hall–Kier alpha value is -2.93. The summed E-state index contributed by atoms with van der Waals surface area (Å²) in [5.41, 5.74) is 2.80.